The van der Waals surface area contributed by atoms with Crippen LogP contribution in [0.4, 0.5) is 0 Å². The standard InChI is InChI=1S/C15H27N3O/c1-2-11-5-7-16-14(9-11)15(19)17-12-6-8-18(10-12)13-3-4-13/h11-14,16H,2-10H2,1H3,(H,17,19). The molecule has 0 radical (unpaired) electrons. The Hall–Kier alpha value is -0.610. The zero-order valence-corrected chi connectivity index (χ0v) is 12.0. The Balaban J connectivity index is 1.45. The van der Waals surface area contributed by atoms with Gasteiger partial charge in [0.2, 0.25) is 5.91 Å². The fourth-order valence-electron chi connectivity index (χ4n) is 3.54. The lowest BCUT2D eigenvalue weighted by Crippen LogP contribution is -2.51. The molecular weight excluding hydrogens is 238 g/mol. The van der Waals surface area contributed by atoms with Crippen molar-refractivity contribution in [2.24, 2.45) is 5.92 Å². The van der Waals surface area contributed by atoms with Gasteiger partial charge < -0.3 is 10.6 Å². The van der Waals surface area contributed by atoms with Gasteiger partial charge >= 0.3 is 0 Å². The van der Waals surface area contributed by atoms with Crippen LogP contribution in [0.25, 0.3) is 0 Å². The number of piperidine rings is 1. The van der Waals surface area contributed by atoms with Crippen LogP contribution < -0.4 is 10.6 Å². The molecule has 1 saturated carbocycles. The summed E-state index contributed by atoms with van der Waals surface area (Å²) in [6.07, 6.45) is 7.29. The molecule has 108 valence electrons. The van der Waals surface area contributed by atoms with Crippen LogP contribution in [0.2, 0.25) is 0 Å². The largest absolute Gasteiger partial charge is 0.351 e. The van der Waals surface area contributed by atoms with Gasteiger partial charge in [-0.25, -0.2) is 0 Å². The molecule has 3 rings (SSSR count). The molecule has 0 aromatic carbocycles. The highest BCUT2D eigenvalue weighted by Crippen LogP contribution is 2.29. The minimum absolute atomic E-state index is 0.0497. The van der Waals surface area contributed by atoms with Crippen molar-refractivity contribution in [2.45, 2.75) is 63.6 Å². The summed E-state index contributed by atoms with van der Waals surface area (Å²) in [5.41, 5.74) is 0. The van der Waals surface area contributed by atoms with Crippen molar-refractivity contribution in [1.82, 2.24) is 15.5 Å². The topological polar surface area (TPSA) is 44.4 Å². The molecule has 2 saturated heterocycles. The average Bonchev–Trinajstić information content (AvgIpc) is 3.19. The van der Waals surface area contributed by atoms with Crippen LogP contribution >= 0.6 is 0 Å². The van der Waals surface area contributed by atoms with E-state index in [2.05, 4.69) is 22.5 Å². The van der Waals surface area contributed by atoms with Gasteiger partial charge in [-0.2, -0.15) is 0 Å². The first kappa shape index (κ1) is 13.4. The van der Waals surface area contributed by atoms with E-state index >= 15 is 0 Å². The van der Waals surface area contributed by atoms with Crippen LogP contribution in [0.1, 0.15) is 45.4 Å². The smallest absolute Gasteiger partial charge is 0.237 e. The van der Waals surface area contributed by atoms with E-state index in [0.29, 0.717) is 6.04 Å². The van der Waals surface area contributed by atoms with Crippen LogP contribution in [-0.4, -0.2) is 48.6 Å². The van der Waals surface area contributed by atoms with Crippen molar-refractivity contribution in [1.29, 1.82) is 0 Å². The Morgan fingerprint density at radius 3 is 2.89 bits per heavy atom. The Morgan fingerprint density at radius 2 is 2.16 bits per heavy atom. The molecule has 3 atom stereocenters. The van der Waals surface area contributed by atoms with Gasteiger partial charge in [-0.15, -0.1) is 0 Å². The lowest BCUT2D eigenvalue weighted by atomic mass is 9.90. The van der Waals surface area contributed by atoms with Gasteiger partial charge in [0.05, 0.1) is 6.04 Å². The van der Waals surface area contributed by atoms with E-state index in [4.69, 9.17) is 0 Å². The maximum absolute atomic E-state index is 12.3. The zero-order valence-electron chi connectivity index (χ0n) is 12.0. The van der Waals surface area contributed by atoms with E-state index in [9.17, 15) is 4.79 Å². The third-order valence-electron chi connectivity index (χ3n) is 5.04. The molecule has 4 heteroatoms. The minimum Gasteiger partial charge on any atom is -0.351 e. The van der Waals surface area contributed by atoms with Crippen LogP contribution in [0.3, 0.4) is 0 Å². The second-order valence-corrected chi connectivity index (χ2v) is 6.53. The summed E-state index contributed by atoms with van der Waals surface area (Å²) in [4.78, 5) is 14.9. The first-order valence-electron chi connectivity index (χ1n) is 8.04. The number of rotatable bonds is 4. The summed E-state index contributed by atoms with van der Waals surface area (Å²) in [6.45, 7) is 5.47. The third-order valence-corrected chi connectivity index (χ3v) is 5.04. The first-order valence-corrected chi connectivity index (χ1v) is 8.04. The molecule has 3 unspecified atom stereocenters. The average molecular weight is 265 g/mol. The molecule has 19 heavy (non-hydrogen) atoms. The highest BCUT2D eigenvalue weighted by atomic mass is 16.2. The maximum atomic E-state index is 12.3. The zero-order chi connectivity index (χ0) is 13.2. The quantitative estimate of drug-likeness (QED) is 0.800. The summed E-state index contributed by atoms with van der Waals surface area (Å²) in [6, 6.07) is 1.27. The molecule has 2 heterocycles. The van der Waals surface area contributed by atoms with Gasteiger partial charge in [0.15, 0.2) is 0 Å². The summed E-state index contributed by atoms with van der Waals surface area (Å²) < 4.78 is 0. The molecule has 0 bridgehead atoms. The van der Waals surface area contributed by atoms with Crippen LogP contribution in [-0.2, 0) is 4.79 Å². The van der Waals surface area contributed by atoms with Crippen molar-refractivity contribution < 1.29 is 4.79 Å². The minimum atomic E-state index is 0.0497. The van der Waals surface area contributed by atoms with Gasteiger partial charge in [-0.3, -0.25) is 9.69 Å². The molecule has 2 aliphatic heterocycles. The fraction of sp³-hybridized carbons (Fsp3) is 0.933. The van der Waals surface area contributed by atoms with E-state index in [-0.39, 0.29) is 11.9 Å². The fourth-order valence-corrected chi connectivity index (χ4v) is 3.54. The van der Waals surface area contributed by atoms with Crippen molar-refractivity contribution >= 4 is 5.91 Å². The number of nitrogens with one attached hydrogen (secondary N) is 2. The predicted molar refractivity (Wildman–Crippen MR) is 75.9 cm³/mol. The molecular formula is C15H27N3O. The molecule has 3 aliphatic rings. The number of hydrogen-bond acceptors (Lipinski definition) is 3. The molecule has 1 aliphatic carbocycles. The number of likely N-dealkylation sites (tertiary alicyclic amines) is 1. The molecule has 2 N–H and O–H groups in total. The van der Waals surface area contributed by atoms with Gasteiger partial charge in [0, 0.05) is 25.2 Å². The number of hydrogen-bond donors (Lipinski definition) is 2. The molecule has 4 nitrogen and oxygen atoms in total. The lowest BCUT2D eigenvalue weighted by molar-refractivity contribution is -0.124. The second-order valence-electron chi connectivity index (χ2n) is 6.53. The molecule has 1 amide bonds. The Labute approximate surface area is 116 Å². The van der Waals surface area contributed by atoms with Crippen LogP contribution in [0.15, 0.2) is 0 Å². The molecule has 3 fully saturated rings. The second kappa shape index (κ2) is 5.80. The van der Waals surface area contributed by atoms with E-state index in [0.717, 1.165) is 37.9 Å². The molecule has 0 spiro atoms. The Kier molecular flexibility index (Phi) is 4.08. The summed E-state index contributed by atoms with van der Waals surface area (Å²) in [5.74, 6) is 0.962. The van der Waals surface area contributed by atoms with Crippen LogP contribution in [0, 0.1) is 5.92 Å². The number of carbonyl (C=O) groups is 1. The molecule has 0 aromatic rings. The summed E-state index contributed by atoms with van der Waals surface area (Å²) >= 11 is 0. The normalized spacial score (nSPS) is 36.4. The number of amides is 1. The lowest BCUT2D eigenvalue weighted by Gasteiger charge is -2.29. The van der Waals surface area contributed by atoms with Crippen molar-refractivity contribution in [3.8, 4) is 0 Å². The number of carbonyl (C=O) groups excluding carboxylic acids is 1. The van der Waals surface area contributed by atoms with E-state index in [1.807, 2.05) is 0 Å². The van der Waals surface area contributed by atoms with Gasteiger partial charge in [0.1, 0.15) is 0 Å². The van der Waals surface area contributed by atoms with Crippen molar-refractivity contribution in [2.75, 3.05) is 19.6 Å². The number of nitrogens with zero attached hydrogens (tertiary/aromatic N) is 1. The van der Waals surface area contributed by atoms with Crippen molar-refractivity contribution in [3.63, 3.8) is 0 Å². The van der Waals surface area contributed by atoms with E-state index < -0.39 is 0 Å². The first-order chi connectivity index (χ1) is 9.26. The van der Waals surface area contributed by atoms with E-state index in [1.165, 1.54) is 32.2 Å². The summed E-state index contributed by atoms with van der Waals surface area (Å²) in [5, 5.41) is 6.64. The third kappa shape index (κ3) is 3.29. The Morgan fingerprint density at radius 1 is 1.32 bits per heavy atom. The predicted octanol–water partition coefficient (Wildman–Crippen LogP) is 1.12. The Bertz CT molecular complexity index is 329. The monoisotopic (exact) mass is 265 g/mol. The highest BCUT2D eigenvalue weighted by Gasteiger charge is 2.35. The highest BCUT2D eigenvalue weighted by molar-refractivity contribution is 5.82. The van der Waals surface area contributed by atoms with Gasteiger partial charge in [-0.05, 0) is 44.6 Å². The maximum Gasteiger partial charge on any atom is 0.237 e. The summed E-state index contributed by atoms with van der Waals surface area (Å²) in [7, 11) is 0. The molecule has 0 aromatic heterocycles. The van der Waals surface area contributed by atoms with Gasteiger partial charge in [0.25, 0.3) is 0 Å². The van der Waals surface area contributed by atoms with Crippen molar-refractivity contribution in [3.05, 3.63) is 0 Å². The SMILES string of the molecule is CCC1CCNC(C(=O)NC2CCN(C3CC3)C2)C1. The van der Waals surface area contributed by atoms with E-state index in [1.54, 1.807) is 0 Å². The van der Waals surface area contributed by atoms with Crippen LogP contribution in [0.5, 0.6) is 0 Å². The van der Waals surface area contributed by atoms with Gasteiger partial charge in [-0.1, -0.05) is 13.3 Å².